The van der Waals surface area contributed by atoms with Crippen molar-refractivity contribution in [3.63, 3.8) is 0 Å². The van der Waals surface area contributed by atoms with E-state index in [0.717, 1.165) is 23.8 Å². The number of rotatable bonds is 6. The molecule has 0 unspecified atom stereocenters. The van der Waals surface area contributed by atoms with E-state index in [4.69, 9.17) is 16.3 Å². The van der Waals surface area contributed by atoms with Gasteiger partial charge in [0.05, 0.1) is 12.1 Å². The van der Waals surface area contributed by atoms with Crippen LogP contribution >= 0.6 is 11.6 Å². The Hall–Kier alpha value is -3.01. The van der Waals surface area contributed by atoms with Gasteiger partial charge < -0.3 is 14.8 Å². The standard InChI is InChI=1S/C19H17ClF4N2O4/c1-3-11-4-7-13(8-5-11)30-18(16(27)29-2,19(22,23)24)26-17(28)25-12-6-9-15(21)14(20)10-12/h4-10H,3H2,1-2H3,(H2,25,26,28)/t18-/m0/s1. The molecule has 2 amide bonds. The number of carbonyl (C=O) groups excluding carboxylic acids is 2. The van der Waals surface area contributed by atoms with E-state index in [9.17, 15) is 27.2 Å². The van der Waals surface area contributed by atoms with Gasteiger partial charge in [-0.3, -0.25) is 5.32 Å². The first kappa shape index (κ1) is 23.3. The molecule has 162 valence electrons. The lowest BCUT2D eigenvalue weighted by molar-refractivity contribution is -0.258. The van der Waals surface area contributed by atoms with Gasteiger partial charge in [0.1, 0.15) is 11.6 Å². The first-order valence-corrected chi connectivity index (χ1v) is 8.87. The fourth-order valence-corrected chi connectivity index (χ4v) is 2.55. The molecule has 2 aromatic carbocycles. The Kier molecular flexibility index (Phi) is 7.14. The van der Waals surface area contributed by atoms with Crippen molar-refractivity contribution in [3.8, 4) is 5.75 Å². The number of hydrogen-bond acceptors (Lipinski definition) is 4. The first-order valence-electron chi connectivity index (χ1n) is 8.49. The maximum atomic E-state index is 13.9. The summed E-state index contributed by atoms with van der Waals surface area (Å²) in [6, 6.07) is 6.95. The fraction of sp³-hybridized carbons (Fsp3) is 0.263. The zero-order valence-electron chi connectivity index (χ0n) is 15.8. The molecule has 0 heterocycles. The van der Waals surface area contributed by atoms with Crippen molar-refractivity contribution < 1.29 is 36.6 Å². The largest absolute Gasteiger partial charge is 0.464 e. The van der Waals surface area contributed by atoms with Crippen molar-refractivity contribution >= 4 is 29.3 Å². The maximum Gasteiger partial charge on any atom is 0.460 e. The van der Waals surface area contributed by atoms with E-state index >= 15 is 0 Å². The van der Waals surface area contributed by atoms with E-state index in [0.29, 0.717) is 13.5 Å². The minimum atomic E-state index is -5.40. The molecule has 0 radical (unpaired) electrons. The fourth-order valence-electron chi connectivity index (χ4n) is 2.37. The molecule has 0 aliphatic heterocycles. The number of benzene rings is 2. The SMILES string of the molecule is CCc1ccc(O[C@@](NC(=O)Nc2ccc(F)c(Cl)c2)(C(=O)OC)C(F)(F)F)cc1. The van der Waals surface area contributed by atoms with Crippen LogP contribution in [0, 0.1) is 5.82 Å². The molecule has 0 spiro atoms. The number of amides is 2. The molecule has 2 aromatic rings. The van der Waals surface area contributed by atoms with Crippen LogP contribution in [0.5, 0.6) is 5.75 Å². The molecule has 1 atom stereocenters. The van der Waals surface area contributed by atoms with E-state index in [1.807, 2.05) is 12.2 Å². The molecule has 2 N–H and O–H groups in total. The van der Waals surface area contributed by atoms with Crippen LogP contribution in [0.2, 0.25) is 5.02 Å². The van der Waals surface area contributed by atoms with Gasteiger partial charge in [-0.05, 0) is 42.3 Å². The second kappa shape index (κ2) is 9.21. The molecule has 11 heteroatoms. The number of alkyl halides is 3. The highest BCUT2D eigenvalue weighted by atomic mass is 35.5. The number of halogens is 5. The molecule has 0 aliphatic carbocycles. The van der Waals surface area contributed by atoms with Crippen molar-refractivity contribution in [2.45, 2.75) is 25.2 Å². The number of urea groups is 1. The van der Waals surface area contributed by atoms with Crippen molar-refractivity contribution in [3.05, 3.63) is 58.9 Å². The Morgan fingerprint density at radius 2 is 1.73 bits per heavy atom. The van der Waals surface area contributed by atoms with Crippen molar-refractivity contribution in [2.24, 2.45) is 0 Å². The number of methoxy groups -OCH3 is 1. The highest BCUT2D eigenvalue weighted by molar-refractivity contribution is 6.31. The van der Waals surface area contributed by atoms with E-state index in [2.05, 4.69) is 4.74 Å². The Bertz CT molecular complexity index is 922. The van der Waals surface area contributed by atoms with E-state index < -0.39 is 29.7 Å². The zero-order valence-corrected chi connectivity index (χ0v) is 16.5. The van der Waals surface area contributed by atoms with Gasteiger partial charge >= 0.3 is 23.9 Å². The van der Waals surface area contributed by atoms with Gasteiger partial charge in [-0.15, -0.1) is 0 Å². The Morgan fingerprint density at radius 3 is 2.23 bits per heavy atom. The molecule has 0 fully saturated rings. The lowest BCUT2D eigenvalue weighted by Crippen LogP contribution is -2.68. The summed E-state index contributed by atoms with van der Waals surface area (Å²) in [6.07, 6.45) is -4.77. The molecular formula is C19H17ClF4N2O4. The van der Waals surface area contributed by atoms with E-state index in [1.54, 1.807) is 0 Å². The smallest absolute Gasteiger partial charge is 0.460 e. The highest BCUT2D eigenvalue weighted by Crippen LogP contribution is 2.34. The summed E-state index contributed by atoms with van der Waals surface area (Å²) in [5, 5.41) is 3.14. The van der Waals surface area contributed by atoms with Crippen molar-refractivity contribution in [1.82, 2.24) is 5.32 Å². The van der Waals surface area contributed by atoms with Crippen LogP contribution in [0.15, 0.2) is 42.5 Å². The molecule has 0 aliphatic rings. The number of aryl methyl sites for hydroxylation is 1. The second-order valence-electron chi connectivity index (χ2n) is 5.98. The Balaban J connectivity index is 2.36. The number of esters is 1. The average molecular weight is 449 g/mol. The quantitative estimate of drug-likeness (QED) is 0.382. The molecule has 0 bridgehead atoms. The summed E-state index contributed by atoms with van der Waals surface area (Å²) in [5.74, 6) is -3.03. The molecule has 2 rings (SSSR count). The summed E-state index contributed by atoms with van der Waals surface area (Å²) in [7, 11) is 0.714. The summed E-state index contributed by atoms with van der Waals surface area (Å²) < 4.78 is 64.1. The summed E-state index contributed by atoms with van der Waals surface area (Å²) in [6.45, 7) is 1.85. The van der Waals surface area contributed by atoms with E-state index in [-0.39, 0.29) is 16.5 Å². The van der Waals surface area contributed by atoms with Gasteiger partial charge in [0.15, 0.2) is 0 Å². The number of nitrogens with one attached hydrogen (secondary N) is 2. The lowest BCUT2D eigenvalue weighted by atomic mass is 10.1. The molecular weight excluding hydrogens is 432 g/mol. The van der Waals surface area contributed by atoms with Gasteiger partial charge in [-0.1, -0.05) is 30.7 Å². The lowest BCUT2D eigenvalue weighted by Gasteiger charge is -2.33. The van der Waals surface area contributed by atoms with E-state index in [1.165, 1.54) is 29.6 Å². The molecule has 0 saturated carbocycles. The number of ether oxygens (including phenoxy) is 2. The predicted molar refractivity (Wildman–Crippen MR) is 101 cm³/mol. The minimum Gasteiger partial charge on any atom is -0.464 e. The van der Waals surface area contributed by atoms with Gasteiger partial charge in [0.25, 0.3) is 0 Å². The normalized spacial score (nSPS) is 13.2. The summed E-state index contributed by atoms with van der Waals surface area (Å²) in [4.78, 5) is 24.3. The van der Waals surface area contributed by atoms with Crippen LogP contribution in [-0.4, -0.2) is 31.0 Å². The average Bonchev–Trinajstić information content (AvgIpc) is 2.69. The van der Waals surface area contributed by atoms with Crippen LogP contribution in [0.25, 0.3) is 0 Å². The second-order valence-corrected chi connectivity index (χ2v) is 6.39. The summed E-state index contributed by atoms with van der Waals surface area (Å²) in [5.41, 5.74) is -3.15. The minimum absolute atomic E-state index is 0.118. The van der Waals surface area contributed by atoms with Gasteiger partial charge in [-0.2, -0.15) is 13.2 Å². The van der Waals surface area contributed by atoms with Crippen LogP contribution in [0.4, 0.5) is 28.0 Å². The van der Waals surface area contributed by atoms with Crippen LogP contribution < -0.4 is 15.4 Å². The molecule has 30 heavy (non-hydrogen) atoms. The zero-order chi connectivity index (χ0) is 22.5. The maximum absolute atomic E-state index is 13.9. The van der Waals surface area contributed by atoms with Crippen LogP contribution in [0.1, 0.15) is 12.5 Å². The number of carbonyl (C=O) groups is 2. The monoisotopic (exact) mass is 448 g/mol. The van der Waals surface area contributed by atoms with Crippen LogP contribution in [0.3, 0.4) is 0 Å². The topological polar surface area (TPSA) is 76.7 Å². The van der Waals surface area contributed by atoms with Crippen molar-refractivity contribution in [2.75, 3.05) is 12.4 Å². The van der Waals surface area contributed by atoms with Gasteiger partial charge in [0.2, 0.25) is 0 Å². The molecule has 0 saturated heterocycles. The molecule has 0 aromatic heterocycles. The van der Waals surface area contributed by atoms with Crippen LogP contribution in [-0.2, 0) is 16.0 Å². The van der Waals surface area contributed by atoms with Gasteiger partial charge in [0, 0.05) is 5.69 Å². The third-order valence-electron chi connectivity index (χ3n) is 3.94. The Morgan fingerprint density at radius 1 is 1.10 bits per heavy atom. The number of anilines is 1. The third-order valence-corrected chi connectivity index (χ3v) is 4.23. The predicted octanol–water partition coefficient (Wildman–Crippen LogP) is 4.67. The highest BCUT2D eigenvalue weighted by Gasteiger charge is 2.66. The summed E-state index contributed by atoms with van der Waals surface area (Å²) >= 11 is 5.58. The van der Waals surface area contributed by atoms with Crippen molar-refractivity contribution in [1.29, 1.82) is 0 Å². The first-order chi connectivity index (χ1) is 14.0. The van der Waals surface area contributed by atoms with Gasteiger partial charge in [-0.25, -0.2) is 14.0 Å². The third kappa shape index (κ3) is 5.12. The molecule has 6 nitrogen and oxygen atoms in total. The number of hydrogen-bond donors (Lipinski definition) is 2. The Labute approximate surface area is 174 Å².